The molecule has 1 saturated heterocycles. The highest BCUT2D eigenvalue weighted by atomic mass is 32.1. The van der Waals surface area contributed by atoms with Crippen LogP contribution in [0.15, 0.2) is 28.8 Å². The van der Waals surface area contributed by atoms with E-state index in [1.165, 1.54) is 0 Å². The number of aryl methyl sites for hydroxylation is 2. The van der Waals surface area contributed by atoms with Crippen molar-refractivity contribution < 1.29 is 24.0 Å². The molecule has 160 valence electrons. The second kappa shape index (κ2) is 8.26. The summed E-state index contributed by atoms with van der Waals surface area (Å²) >= 11 is 0.867. The fourth-order valence-electron chi connectivity index (χ4n) is 3.37. The minimum Gasteiger partial charge on any atom is -0.477 e. The molecule has 2 amide bonds. The van der Waals surface area contributed by atoms with E-state index in [0.29, 0.717) is 48.0 Å². The summed E-state index contributed by atoms with van der Waals surface area (Å²) in [5.41, 5.74) is 1.44. The Balaban J connectivity index is 1.40. The molecule has 4 rings (SSSR count). The van der Waals surface area contributed by atoms with Gasteiger partial charge in [-0.2, -0.15) is 4.98 Å². The summed E-state index contributed by atoms with van der Waals surface area (Å²) in [5.74, 6) is -0.846. The van der Waals surface area contributed by atoms with Crippen LogP contribution in [0, 0.1) is 13.8 Å². The molecule has 2 N–H and O–H groups in total. The number of likely N-dealkylation sites (tertiary alicyclic amines) is 1. The smallest absolute Gasteiger partial charge is 0.347 e. The van der Waals surface area contributed by atoms with Crippen molar-refractivity contribution in [1.29, 1.82) is 0 Å². The first kappa shape index (κ1) is 20.7. The molecular formula is C20H19N5O5S. The zero-order valence-electron chi connectivity index (χ0n) is 16.8. The SMILES string of the molecule is Cc1nc(-c2cccc(C(=O)NC3CCN(C(=O)c4nc(C)c(C(=O)O)s4)C3)c2)no1. The van der Waals surface area contributed by atoms with E-state index >= 15 is 0 Å². The highest BCUT2D eigenvalue weighted by Gasteiger charge is 2.30. The van der Waals surface area contributed by atoms with Crippen LogP contribution in [-0.4, -0.2) is 62.0 Å². The lowest BCUT2D eigenvalue weighted by molar-refractivity contribution is 0.0700. The number of benzene rings is 1. The maximum atomic E-state index is 12.7. The van der Waals surface area contributed by atoms with Gasteiger partial charge in [-0.25, -0.2) is 9.78 Å². The van der Waals surface area contributed by atoms with Crippen molar-refractivity contribution in [3.8, 4) is 11.4 Å². The van der Waals surface area contributed by atoms with Gasteiger partial charge >= 0.3 is 5.97 Å². The Bertz CT molecular complexity index is 1170. The zero-order valence-corrected chi connectivity index (χ0v) is 17.6. The van der Waals surface area contributed by atoms with Crippen LogP contribution >= 0.6 is 11.3 Å². The van der Waals surface area contributed by atoms with Crippen LogP contribution in [0.1, 0.15) is 47.8 Å². The predicted octanol–water partition coefficient (Wildman–Crippen LogP) is 2.15. The van der Waals surface area contributed by atoms with Crippen molar-refractivity contribution >= 4 is 29.1 Å². The number of carboxylic acid groups (broad SMARTS) is 1. The molecule has 1 unspecified atom stereocenters. The Kier molecular flexibility index (Phi) is 5.51. The summed E-state index contributed by atoms with van der Waals surface area (Å²) in [6.07, 6.45) is 0.595. The number of thiazole rings is 1. The van der Waals surface area contributed by atoms with E-state index in [2.05, 4.69) is 20.4 Å². The maximum Gasteiger partial charge on any atom is 0.347 e. The molecule has 2 aromatic heterocycles. The quantitative estimate of drug-likeness (QED) is 0.614. The first-order valence-corrected chi connectivity index (χ1v) is 10.3. The number of carbonyl (C=O) groups is 3. The minimum atomic E-state index is -1.10. The van der Waals surface area contributed by atoms with Crippen molar-refractivity contribution in [3.05, 3.63) is 51.3 Å². The molecule has 11 heteroatoms. The highest BCUT2D eigenvalue weighted by Crippen LogP contribution is 2.22. The van der Waals surface area contributed by atoms with Crippen LogP contribution in [0.4, 0.5) is 0 Å². The number of rotatable bonds is 5. The third-order valence-corrected chi connectivity index (χ3v) is 6.03. The van der Waals surface area contributed by atoms with E-state index in [-0.39, 0.29) is 27.7 Å². The normalized spacial score (nSPS) is 15.8. The van der Waals surface area contributed by atoms with E-state index in [4.69, 9.17) is 9.63 Å². The van der Waals surface area contributed by atoms with Gasteiger partial charge in [0.15, 0.2) is 5.01 Å². The van der Waals surface area contributed by atoms with E-state index in [9.17, 15) is 14.4 Å². The molecule has 0 aliphatic carbocycles. The minimum absolute atomic E-state index is 0.0593. The molecule has 1 fully saturated rings. The molecule has 10 nitrogen and oxygen atoms in total. The van der Waals surface area contributed by atoms with E-state index in [0.717, 1.165) is 11.3 Å². The molecule has 3 heterocycles. The van der Waals surface area contributed by atoms with Crippen LogP contribution < -0.4 is 5.32 Å². The number of nitrogens with one attached hydrogen (secondary N) is 1. The maximum absolute atomic E-state index is 12.7. The molecule has 0 saturated carbocycles. The number of nitrogens with zero attached hydrogens (tertiary/aromatic N) is 4. The van der Waals surface area contributed by atoms with Gasteiger partial charge in [0.05, 0.1) is 5.69 Å². The highest BCUT2D eigenvalue weighted by molar-refractivity contribution is 7.15. The van der Waals surface area contributed by atoms with Gasteiger partial charge in [0, 0.05) is 37.2 Å². The lowest BCUT2D eigenvalue weighted by Crippen LogP contribution is -2.38. The fourth-order valence-corrected chi connectivity index (χ4v) is 4.24. The molecule has 0 spiro atoms. The number of amides is 2. The summed E-state index contributed by atoms with van der Waals surface area (Å²) in [6.45, 7) is 4.03. The first-order valence-electron chi connectivity index (χ1n) is 9.53. The lowest BCUT2D eigenvalue weighted by atomic mass is 10.1. The Hall–Kier alpha value is -3.60. The third-order valence-electron chi connectivity index (χ3n) is 4.90. The summed E-state index contributed by atoms with van der Waals surface area (Å²) in [5, 5.41) is 16.1. The van der Waals surface area contributed by atoms with Crippen LogP contribution in [0.25, 0.3) is 11.4 Å². The Labute approximate surface area is 180 Å². The standard InChI is InChI=1S/C20H19N5O5S/c1-10-15(20(28)29)31-18(21-10)19(27)25-7-6-14(9-25)23-17(26)13-5-3-4-12(8-13)16-22-11(2)30-24-16/h3-5,8,14H,6-7,9H2,1-2H3,(H,23,26)(H,28,29). The molecular weight excluding hydrogens is 422 g/mol. The van der Waals surface area contributed by atoms with Gasteiger partial charge in [-0.3, -0.25) is 9.59 Å². The van der Waals surface area contributed by atoms with Crippen molar-refractivity contribution in [2.75, 3.05) is 13.1 Å². The molecule has 0 bridgehead atoms. The van der Waals surface area contributed by atoms with Crippen molar-refractivity contribution in [3.63, 3.8) is 0 Å². The topological polar surface area (TPSA) is 139 Å². The van der Waals surface area contributed by atoms with Crippen LogP contribution in [0.2, 0.25) is 0 Å². The van der Waals surface area contributed by atoms with Crippen LogP contribution in [-0.2, 0) is 0 Å². The first-order chi connectivity index (χ1) is 14.8. The third kappa shape index (κ3) is 4.31. The van der Waals surface area contributed by atoms with E-state index in [1.54, 1.807) is 43.0 Å². The van der Waals surface area contributed by atoms with Gasteiger partial charge in [-0.1, -0.05) is 17.3 Å². The molecule has 0 radical (unpaired) electrons. The van der Waals surface area contributed by atoms with Crippen molar-refractivity contribution in [2.24, 2.45) is 0 Å². The van der Waals surface area contributed by atoms with Crippen molar-refractivity contribution in [2.45, 2.75) is 26.3 Å². The largest absolute Gasteiger partial charge is 0.477 e. The second-order valence-corrected chi connectivity index (χ2v) is 8.17. The molecule has 31 heavy (non-hydrogen) atoms. The van der Waals surface area contributed by atoms with Crippen LogP contribution in [0.3, 0.4) is 0 Å². The summed E-state index contributed by atoms with van der Waals surface area (Å²) in [4.78, 5) is 46.5. The van der Waals surface area contributed by atoms with Crippen LogP contribution in [0.5, 0.6) is 0 Å². The number of carbonyl (C=O) groups excluding carboxylic acids is 2. The number of aromatic nitrogens is 3. The fraction of sp³-hybridized carbons (Fsp3) is 0.300. The summed E-state index contributed by atoms with van der Waals surface area (Å²) in [6, 6.07) is 6.69. The monoisotopic (exact) mass is 441 g/mol. The van der Waals surface area contributed by atoms with Gasteiger partial charge in [0.25, 0.3) is 11.8 Å². The summed E-state index contributed by atoms with van der Waals surface area (Å²) in [7, 11) is 0. The van der Waals surface area contributed by atoms with Gasteiger partial charge in [0.1, 0.15) is 4.88 Å². The van der Waals surface area contributed by atoms with Crippen molar-refractivity contribution in [1.82, 2.24) is 25.3 Å². The second-order valence-electron chi connectivity index (χ2n) is 7.17. The molecule has 1 aliphatic rings. The van der Waals surface area contributed by atoms with E-state index < -0.39 is 5.97 Å². The number of hydrogen-bond acceptors (Lipinski definition) is 8. The Morgan fingerprint density at radius 1 is 1.26 bits per heavy atom. The predicted molar refractivity (Wildman–Crippen MR) is 110 cm³/mol. The number of aromatic carboxylic acids is 1. The Morgan fingerprint density at radius 3 is 2.74 bits per heavy atom. The lowest BCUT2D eigenvalue weighted by Gasteiger charge is -2.16. The van der Waals surface area contributed by atoms with E-state index in [1.807, 2.05) is 0 Å². The molecule has 1 aliphatic heterocycles. The number of hydrogen-bond donors (Lipinski definition) is 2. The Morgan fingerprint density at radius 2 is 2.06 bits per heavy atom. The average molecular weight is 441 g/mol. The van der Waals surface area contributed by atoms with Gasteiger partial charge < -0.3 is 19.8 Å². The summed E-state index contributed by atoms with van der Waals surface area (Å²) < 4.78 is 4.98. The molecule has 3 aromatic rings. The zero-order chi connectivity index (χ0) is 22.1. The average Bonchev–Trinajstić information content (AvgIpc) is 3.47. The van der Waals surface area contributed by atoms with Gasteiger partial charge in [0.2, 0.25) is 11.7 Å². The number of carboxylic acids is 1. The van der Waals surface area contributed by atoms with Gasteiger partial charge in [-0.05, 0) is 25.5 Å². The van der Waals surface area contributed by atoms with Gasteiger partial charge in [-0.15, -0.1) is 11.3 Å². The molecule has 1 aromatic carbocycles. The molecule has 1 atom stereocenters.